The summed E-state index contributed by atoms with van der Waals surface area (Å²) < 4.78 is 16.0. The van der Waals surface area contributed by atoms with Crippen LogP contribution < -0.4 is 5.73 Å². The molecule has 0 saturated heterocycles. The fraction of sp³-hybridized carbons (Fsp3) is 0.182. The lowest BCUT2D eigenvalue weighted by Crippen LogP contribution is -2.17. The van der Waals surface area contributed by atoms with Crippen molar-refractivity contribution >= 4 is 15.9 Å². The van der Waals surface area contributed by atoms with Gasteiger partial charge in [0, 0.05) is 23.3 Å². The number of hydrogen-bond acceptors (Lipinski definition) is 2. The first kappa shape index (κ1) is 11.3. The van der Waals surface area contributed by atoms with Gasteiger partial charge in [-0.15, -0.1) is 0 Å². The molecule has 2 N–H and O–H groups in total. The van der Waals surface area contributed by atoms with E-state index in [4.69, 9.17) is 5.73 Å². The van der Waals surface area contributed by atoms with Crippen molar-refractivity contribution in [1.29, 1.82) is 0 Å². The minimum atomic E-state index is -0.499. The lowest BCUT2D eigenvalue weighted by Gasteiger charge is -2.13. The summed E-state index contributed by atoms with van der Waals surface area (Å²) in [6.45, 7) is 0. The van der Waals surface area contributed by atoms with Crippen LogP contribution in [0.5, 0.6) is 0 Å². The molecule has 3 nitrogen and oxygen atoms in total. The van der Waals surface area contributed by atoms with Gasteiger partial charge in [0.2, 0.25) is 0 Å². The predicted molar refractivity (Wildman–Crippen MR) is 63.3 cm³/mol. The highest BCUT2D eigenvalue weighted by atomic mass is 79.9. The summed E-state index contributed by atoms with van der Waals surface area (Å²) in [4.78, 5) is 0. The van der Waals surface area contributed by atoms with E-state index in [0.717, 1.165) is 5.69 Å². The fourth-order valence-electron chi connectivity index (χ4n) is 1.60. The summed E-state index contributed by atoms with van der Waals surface area (Å²) in [5.74, 6) is -0.317. The molecule has 0 radical (unpaired) electrons. The Labute approximate surface area is 101 Å². The van der Waals surface area contributed by atoms with Crippen LogP contribution in [0.3, 0.4) is 0 Å². The van der Waals surface area contributed by atoms with Crippen LogP contribution in [0.25, 0.3) is 0 Å². The molecule has 0 aliphatic rings. The molecule has 0 amide bonds. The van der Waals surface area contributed by atoms with Crippen molar-refractivity contribution in [3.63, 3.8) is 0 Å². The molecule has 1 heterocycles. The van der Waals surface area contributed by atoms with Crippen LogP contribution in [0.2, 0.25) is 0 Å². The van der Waals surface area contributed by atoms with Gasteiger partial charge in [-0.25, -0.2) is 4.39 Å². The third kappa shape index (κ3) is 2.01. The van der Waals surface area contributed by atoms with E-state index in [2.05, 4.69) is 21.0 Å². The smallest absolute Gasteiger partial charge is 0.129 e. The van der Waals surface area contributed by atoms with Gasteiger partial charge in [0.1, 0.15) is 5.82 Å². The first-order valence-electron chi connectivity index (χ1n) is 4.78. The van der Waals surface area contributed by atoms with Gasteiger partial charge in [-0.1, -0.05) is 22.0 Å². The average Bonchev–Trinajstić information content (AvgIpc) is 2.63. The van der Waals surface area contributed by atoms with E-state index in [1.54, 1.807) is 36.1 Å². The monoisotopic (exact) mass is 283 g/mol. The number of halogens is 2. The Bertz CT molecular complexity index is 510. The van der Waals surface area contributed by atoms with Crippen molar-refractivity contribution in [3.05, 3.63) is 52.0 Å². The zero-order chi connectivity index (χ0) is 11.7. The SMILES string of the molecule is Cn1nccc1C(N)c1ccc(Br)cc1F. The first-order chi connectivity index (χ1) is 7.59. The number of nitrogens with two attached hydrogens (primary N) is 1. The van der Waals surface area contributed by atoms with Gasteiger partial charge in [-0.05, 0) is 18.2 Å². The van der Waals surface area contributed by atoms with E-state index in [-0.39, 0.29) is 5.82 Å². The van der Waals surface area contributed by atoms with Gasteiger partial charge >= 0.3 is 0 Å². The topological polar surface area (TPSA) is 43.8 Å². The molecule has 0 aliphatic heterocycles. The maximum Gasteiger partial charge on any atom is 0.129 e. The molecule has 1 atom stereocenters. The third-order valence-electron chi connectivity index (χ3n) is 2.48. The van der Waals surface area contributed by atoms with Gasteiger partial charge in [0.15, 0.2) is 0 Å². The minimum Gasteiger partial charge on any atom is -0.319 e. The molecule has 0 bridgehead atoms. The highest BCUT2D eigenvalue weighted by molar-refractivity contribution is 9.10. The first-order valence-corrected chi connectivity index (χ1v) is 5.57. The number of benzene rings is 1. The number of aromatic nitrogens is 2. The molecule has 0 fully saturated rings. The van der Waals surface area contributed by atoms with Crippen LogP contribution in [-0.2, 0) is 7.05 Å². The summed E-state index contributed by atoms with van der Waals surface area (Å²) in [5.41, 5.74) is 7.24. The second-order valence-corrected chi connectivity index (χ2v) is 4.44. The normalized spacial score (nSPS) is 12.8. The maximum absolute atomic E-state index is 13.7. The molecular formula is C11H11BrFN3. The molecule has 2 aromatic rings. The molecule has 16 heavy (non-hydrogen) atoms. The largest absolute Gasteiger partial charge is 0.319 e. The van der Waals surface area contributed by atoms with Crippen molar-refractivity contribution in [3.8, 4) is 0 Å². The fourth-order valence-corrected chi connectivity index (χ4v) is 1.94. The average molecular weight is 284 g/mol. The zero-order valence-electron chi connectivity index (χ0n) is 8.69. The van der Waals surface area contributed by atoms with E-state index in [1.807, 2.05) is 0 Å². The van der Waals surface area contributed by atoms with Crippen molar-refractivity contribution in [2.75, 3.05) is 0 Å². The zero-order valence-corrected chi connectivity index (χ0v) is 10.3. The van der Waals surface area contributed by atoms with Crippen molar-refractivity contribution in [2.24, 2.45) is 12.8 Å². The van der Waals surface area contributed by atoms with E-state index < -0.39 is 6.04 Å². The van der Waals surface area contributed by atoms with Crippen LogP contribution in [0.1, 0.15) is 17.3 Å². The van der Waals surface area contributed by atoms with Gasteiger partial charge in [-0.3, -0.25) is 4.68 Å². The Hall–Kier alpha value is -1.20. The minimum absolute atomic E-state index is 0.317. The predicted octanol–water partition coefficient (Wildman–Crippen LogP) is 2.37. The molecule has 2 rings (SSSR count). The molecule has 0 spiro atoms. The maximum atomic E-state index is 13.7. The van der Waals surface area contributed by atoms with Crippen LogP contribution in [0.4, 0.5) is 4.39 Å². The summed E-state index contributed by atoms with van der Waals surface area (Å²) in [7, 11) is 1.78. The van der Waals surface area contributed by atoms with Crippen LogP contribution in [0.15, 0.2) is 34.9 Å². The summed E-state index contributed by atoms with van der Waals surface area (Å²) in [6, 6.07) is 6.14. The number of hydrogen-bond donors (Lipinski definition) is 1. The Kier molecular flexibility index (Phi) is 3.07. The number of nitrogens with zero attached hydrogens (tertiary/aromatic N) is 2. The Morgan fingerprint density at radius 1 is 1.44 bits per heavy atom. The van der Waals surface area contributed by atoms with Gasteiger partial charge in [-0.2, -0.15) is 5.10 Å². The summed E-state index contributed by atoms with van der Waals surface area (Å²) >= 11 is 3.21. The van der Waals surface area contributed by atoms with Crippen LogP contribution in [-0.4, -0.2) is 9.78 Å². The van der Waals surface area contributed by atoms with Gasteiger partial charge in [0.25, 0.3) is 0 Å². The molecular weight excluding hydrogens is 273 g/mol. The van der Waals surface area contributed by atoms with Crippen molar-refractivity contribution in [1.82, 2.24) is 9.78 Å². The van der Waals surface area contributed by atoms with E-state index in [9.17, 15) is 4.39 Å². The van der Waals surface area contributed by atoms with E-state index >= 15 is 0 Å². The Balaban J connectivity index is 2.41. The molecule has 0 saturated carbocycles. The highest BCUT2D eigenvalue weighted by Crippen LogP contribution is 2.24. The second-order valence-electron chi connectivity index (χ2n) is 3.52. The molecule has 0 aliphatic carbocycles. The summed E-state index contributed by atoms with van der Waals surface area (Å²) in [6.07, 6.45) is 1.64. The van der Waals surface area contributed by atoms with E-state index in [0.29, 0.717) is 10.0 Å². The molecule has 84 valence electrons. The second kappa shape index (κ2) is 4.35. The third-order valence-corrected chi connectivity index (χ3v) is 2.97. The Morgan fingerprint density at radius 2 is 2.19 bits per heavy atom. The highest BCUT2D eigenvalue weighted by Gasteiger charge is 2.16. The number of rotatable bonds is 2. The molecule has 1 aromatic heterocycles. The number of aryl methyl sites for hydroxylation is 1. The Morgan fingerprint density at radius 3 is 2.75 bits per heavy atom. The van der Waals surface area contributed by atoms with Gasteiger partial charge in [0.05, 0.1) is 11.7 Å². The standard InChI is InChI=1S/C11H11BrFN3/c1-16-10(4-5-15-16)11(14)8-3-2-7(12)6-9(8)13/h2-6,11H,14H2,1H3. The lowest BCUT2D eigenvalue weighted by molar-refractivity contribution is 0.585. The van der Waals surface area contributed by atoms with Crippen LogP contribution in [0, 0.1) is 5.82 Å². The van der Waals surface area contributed by atoms with E-state index in [1.165, 1.54) is 6.07 Å². The van der Waals surface area contributed by atoms with Crippen LogP contribution >= 0.6 is 15.9 Å². The molecule has 5 heteroatoms. The molecule has 1 unspecified atom stereocenters. The lowest BCUT2D eigenvalue weighted by atomic mass is 10.0. The van der Waals surface area contributed by atoms with Crippen molar-refractivity contribution in [2.45, 2.75) is 6.04 Å². The van der Waals surface area contributed by atoms with Gasteiger partial charge < -0.3 is 5.73 Å². The summed E-state index contributed by atoms with van der Waals surface area (Å²) in [5, 5.41) is 4.02. The quantitative estimate of drug-likeness (QED) is 0.920. The molecule has 1 aromatic carbocycles. The van der Waals surface area contributed by atoms with Crippen molar-refractivity contribution < 1.29 is 4.39 Å².